The number of nitrogens with zero attached hydrogens (tertiary/aromatic N) is 3. The number of piperidine rings is 1. The largest absolute Gasteiger partial charge is 0.345 e. The van der Waals surface area contributed by atoms with E-state index in [1.54, 1.807) is 19.9 Å². The van der Waals surface area contributed by atoms with Crippen LogP contribution in [-0.4, -0.2) is 48.4 Å². The number of likely N-dealkylation sites (tertiary alicyclic amines) is 1. The normalized spacial score (nSPS) is 16.0. The lowest BCUT2D eigenvalue weighted by atomic mass is 9.99. The predicted octanol–water partition coefficient (Wildman–Crippen LogP) is 2.94. The Balaban J connectivity index is 1.94. The minimum absolute atomic E-state index is 0.0274. The minimum Gasteiger partial charge on any atom is -0.345 e. The quantitative estimate of drug-likeness (QED) is 0.800. The molecule has 3 rings (SSSR count). The van der Waals surface area contributed by atoms with Gasteiger partial charge < -0.3 is 9.47 Å². The Morgan fingerprint density at radius 1 is 1.32 bits per heavy atom. The van der Waals surface area contributed by atoms with E-state index in [2.05, 4.69) is 16.6 Å². The standard InChI is InChI=1S/C19H28N4O3S2/c1-6-20-28(25,26)16-11-15(22(5)14(16)4)18-21-13(3)17(27-18)19(24)23-9-7-12(2)8-10-23/h11-12,20H,6-10H2,1-5H3. The van der Waals surface area contributed by atoms with Crippen LogP contribution in [0.1, 0.15) is 47.7 Å². The number of sulfonamides is 1. The molecule has 0 saturated carbocycles. The molecule has 0 radical (unpaired) electrons. The van der Waals surface area contributed by atoms with E-state index >= 15 is 0 Å². The summed E-state index contributed by atoms with van der Waals surface area (Å²) in [6.07, 6.45) is 2.05. The van der Waals surface area contributed by atoms with E-state index in [0.29, 0.717) is 39.4 Å². The molecule has 3 heterocycles. The molecule has 1 saturated heterocycles. The zero-order chi connectivity index (χ0) is 20.6. The second-order valence-corrected chi connectivity index (χ2v) is 10.2. The molecule has 9 heteroatoms. The Kier molecular flexibility index (Phi) is 5.97. The number of hydrogen-bond acceptors (Lipinski definition) is 5. The second kappa shape index (κ2) is 7.96. The Bertz CT molecular complexity index is 983. The Labute approximate surface area is 170 Å². The first-order valence-corrected chi connectivity index (χ1v) is 11.9. The monoisotopic (exact) mass is 424 g/mol. The number of carbonyl (C=O) groups is 1. The summed E-state index contributed by atoms with van der Waals surface area (Å²) in [5.74, 6) is 0.685. The van der Waals surface area contributed by atoms with E-state index in [1.807, 2.05) is 23.4 Å². The molecule has 1 N–H and O–H groups in total. The van der Waals surface area contributed by atoms with Crippen LogP contribution in [0.25, 0.3) is 10.7 Å². The number of rotatable bonds is 5. The van der Waals surface area contributed by atoms with Gasteiger partial charge in [0.2, 0.25) is 10.0 Å². The SMILES string of the molecule is CCNS(=O)(=O)c1cc(-c2nc(C)c(C(=O)N3CCC(C)CC3)s2)n(C)c1C. The molecule has 7 nitrogen and oxygen atoms in total. The van der Waals surface area contributed by atoms with Gasteiger partial charge in [-0.2, -0.15) is 0 Å². The van der Waals surface area contributed by atoms with Crippen molar-refractivity contribution in [3.05, 3.63) is 22.3 Å². The van der Waals surface area contributed by atoms with E-state index in [4.69, 9.17) is 0 Å². The highest BCUT2D eigenvalue weighted by Crippen LogP contribution is 2.33. The average molecular weight is 425 g/mol. The average Bonchev–Trinajstić information content (AvgIpc) is 3.16. The lowest BCUT2D eigenvalue weighted by Crippen LogP contribution is -2.37. The second-order valence-electron chi connectivity index (χ2n) is 7.45. The molecule has 28 heavy (non-hydrogen) atoms. The van der Waals surface area contributed by atoms with Crippen molar-refractivity contribution in [3.63, 3.8) is 0 Å². The molecule has 0 bridgehead atoms. The van der Waals surface area contributed by atoms with Gasteiger partial charge in [0.15, 0.2) is 0 Å². The van der Waals surface area contributed by atoms with Gasteiger partial charge in [-0.25, -0.2) is 18.1 Å². The molecule has 2 aromatic rings. The number of hydrogen-bond donors (Lipinski definition) is 1. The van der Waals surface area contributed by atoms with Crippen LogP contribution >= 0.6 is 11.3 Å². The molecule has 1 aliphatic rings. The van der Waals surface area contributed by atoms with Crippen molar-refractivity contribution in [1.29, 1.82) is 0 Å². The van der Waals surface area contributed by atoms with Crippen molar-refractivity contribution in [2.75, 3.05) is 19.6 Å². The molecule has 0 aliphatic carbocycles. The topological polar surface area (TPSA) is 84.3 Å². The molecular weight excluding hydrogens is 396 g/mol. The smallest absolute Gasteiger partial charge is 0.265 e. The van der Waals surface area contributed by atoms with Crippen molar-refractivity contribution in [2.45, 2.75) is 45.4 Å². The molecule has 2 aromatic heterocycles. The summed E-state index contributed by atoms with van der Waals surface area (Å²) < 4.78 is 29.3. The van der Waals surface area contributed by atoms with E-state index in [0.717, 1.165) is 25.9 Å². The number of amides is 1. The van der Waals surface area contributed by atoms with Crippen LogP contribution in [0.5, 0.6) is 0 Å². The van der Waals surface area contributed by atoms with Crippen molar-refractivity contribution in [3.8, 4) is 10.7 Å². The summed E-state index contributed by atoms with van der Waals surface area (Å²) in [7, 11) is -1.74. The van der Waals surface area contributed by atoms with E-state index < -0.39 is 10.0 Å². The highest BCUT2D eigenvalue weighted by molar-refractivity contribution is 7.89. The minimum atomic E-state index is -3.56. The van der Waals surface area contributed by atoms with Gasteiger partial charge in [-0.1, -0.05) is 13.8 Å². The van der Waals surface area contributed by atoms with Gasteiger partial charge in [0, 0.05) is 32.4 Å². The lowest BCUT2D eigenvalue weighted by Gasteiger charge is -2.30. The van der Waals surface area contributed by atoms with Crippen LogP contribution in [0.2, 0.25) is 0 Å². The first kappa shape index (κ1) is 21.0. The van der Waals surface area contributed by atoms with Gasteiger partial charge >= 0.3 is 0 Å². The summed E-state index contributed by atoms with van der Waals surface area (Å²) in [6.45, 7) is 9.47. The van der Waals surface area contributed by atoms with Crippen LogP contribution in [0, 0.1) is 19.8 Å². The molecule has 1 aliphatic heterocycles. The zero-order valence-electron chi connectivity index (χ0n) is 17.1. The van der Waals surface area contributed by atoms with Gasteiger partial charge in [0.25, 0.3) is 5.91 Å². The molecule has 0 atom stereocenters. The first-order valence-electron chi connectivity index (χ1n) is 9.58. The Morgan fingerprint density at radius 2 is 1.96 bits per heavy atom. The maximum Gasteiger partial charge on any atom is 0.265 e. The Hall–Kier alpha value is -1.71. The fourth-order valence-electron chi connectivity index (χ4n) is 3.48. The third-order valence-corrected chi connectivity index (χ3v) is 8.22. The maximum atomic E-state index is 13.0. The lowest BCUT2D eigenvalue weighted by molar-refractivity contribution is 0.0701. The molecular formula is C19H28N4O3S2. The van der Waals surface area contributed by atoms with E-state index in [9.17, 15) is 13.2 Å². The summed E-state index contributed by atoms with van der Waals surface area (Å²) >= 11 is 1.34. The highest BCUT2D eigenvalue weighted by Gasteiger charge is 2.27. The van der Waals surface area contributed by atoms with Crippen molar-refractivity contribution >= 4 is 27.3 Å². The number of aromatic nitrogens is 2. The highest BCUT2D eigenvalue weighted by atomic mass is 32.2. The number of nitrogens with one attached hydrogen (secondary N) is 1. The number of thiazole rings is 1. The molecule has 154 valence electrons. The van der Waals surface area contributed by atoms with Crippen LogP contribution < -0.4 is 4.72 Å². The predicted molar refractivity (Wildman–Crippen MR) is 111 cm³/mol. The zero-order valence-corrected chi connectivity index (χ0v) is 18.7. The van der Waals surface area contributed by atoms with Gasteiger partial charge in [-0.15, -0.1) is 11.3 Å². The fourth-order valence-corrected chi connectivity index (χ4v) is 5.89. The van der Waals surface area contributed by atoms with Gasteiger partial charge in [-0.3, -0.25) is 4.79 Å². The Morgan fingerprint density at radius 3 is 2.57 bits per heavy atom. The molecule has 0 aromatic carbocycles. The van der Waals surface area contributed by atoms with E-state index in [-0.39, 0.29) is 10.8 Å². The summed E-state index contributed by atoms with van der Waals surface area (Å²) in [5, 5.41) is 0.662. The summed E-state index contributed by atoms with van der Waals surface area (Å²) in [4.78, 5) is 20.3. The summed E-state index contributed by atoms with van der Waals surface area (Å²) in [5.41, 5.74) is 2.04. The third-order valence-electron chi connectivity index (χ3n) is 5.39. The molecule has 1 amide bonds. The van der Waals surface area contributed by atoms with Crippen molar-refractivity contribution in [2.24, 2.45) is 13.0 Å². The van der Waals surface area contributed by atoms with Crippen molar-refractivity contribution < 1.29 is 13.2 Å². The van der Waals surface area contributed by atoms with Gasteiger partial charge in [0.1, 0.15) is 14.8 Å². The third kappa shape index (κ3) is 3.88. The van der Waals surface area contributed by atoms with Gasteiger partial charge in [-0.05, 0) is 38.7 Å². The fraction of sp³-hybridized carbons (Fsp3) is 0.579. The number of aryl methyl sites for hydroxylation is 1. The van der Waals surface area contributed by atoms with Crippen LogP contribution in [0.4, 0.5) is 0 Å². The van der Waals surface area contributed by atoms with Gasteiger partial charge in [0.05, 0.1) is 11.4 Å². The molecule has 1 fully saturated rings. The molecule has 0 unspecified atom stereocenters. The maximum absolute atomic E-state index is 13.0. The van der Waals surface area contributed by atoms with Crippen molar-refractivity contribution in [1.82, 2.24) is 19.2 Å². The van der Waals surface area contributed by atoms with Crippen LogP contribution in [0.15, 0.2) is 11.0 Å². The number of carbonyl (C=O) groups excluding carboxylic acids is 1. The van der Waals surface area contributed by atoms with E-state index in [1.165, 1.54) is 11.3 Å². The first-order chi connectivity index (χ1) is 13.2. The van der Waals surface area contributed by atoms with Crippen LogP contribution in [0.3, 0.4) is 0 Å². The molecule has 0 spiro atoms. The van der Waals surface area contributed by atoms with Crippen LogP contribution in [-0.2, 0) is 17.1 Å². The summed E-state index contributed by atoms with van der Waals surface area (Å²) in [6, 6.07) is 1.64.